The molecule has 2 aliphatic rings. The van der Waals surface area contributed by atoms with Crippen LogP contribution in [-0.2, 0) is 9.53 Å². The molecule has 2 rings (SSSR count). The van der Waals surface area contributed by atoms with Crippen LogP contribution in [0.5, 0.6) is 0 Å². The Kier molecular flexibility index (Phi) is 2.99. The van der Waals surface area contributed by atoms with Gasteiger partial charge in [0.1, 0.15) is 0 Å². The molecule has 16 heavy (non-hydrogen) atoms. The lowest BCUT2D eigenvalue weighted by molar-refractivity contribution is -0.150. The molecule has 1 aliphatic heterocycles. The molecule has 1 unspecified atom stereocenters. The van der Waals surface area contributed by atoms with Crippen LogP contribution >= 0.6 is 0 Å². The molecule has 0 aromatic rings. The Balaban J connectivity index is 1.92. The molecule has 0 bridgehead atoms. The first-order valence-corrected chi connectivity index (χ1v) is 6.35. The highest BCUT2D eigenvalue weighted by atomic mass is 16.5. The van der Waals surface area contributed by atoms with Crippen LogP contribution < -0.4 is 0 Å². The highest BCUT2D eigenvalue weighted by Gasteiger charge is 2.44. The van der Waals surface area contributed by atoms with Gasteiger partial charge in [0, 0.05) is 0 Å². The van der Waals surface area contributed by atoms with E-state index in [-0.39, 0.29) is 11.7 Å². The summed E-state index contributed by atoms with van der Waals surface area (Å²) in [7, 11) is 0. The molecule has 1 atom stereocenters. The fourth-order valence-corrected chi connectivity index (χ4v) is 3.08. The van der Waals surface area contributed by atoms with Gasteiger partial charge in [0.15, 0.2) is 0 Å². The quantitative estimate of drug-likeness (QED) is 0.804. The summed E-state index contributed by atoms with van der Waals surface area (Å²) < 4.78 is 6.13. The van der Waals surface area contributed by atoms with Crippen LogP contribution in [0.4, 0.5) is 0 Å². The number of ether oxygens (including phenoxy) is 1. The zero-order chi connectivity index (χ0) is 11.8. The van der Waals surface area contributed by atoms with E-state index < -0.39 is 11.4 Å². The third kappa shape index (κ3) is 2.24. The van der Waals surface area contributed by atoms with Gasteiger partial charge < -0.3 is 9.84 Å². The van der Waals surface area contributed by atoms with Gasteiger partial charge in [-0.05, 0) is 46.0 Å². The van der Waals surface area contributed by atoms with Gasteiger partial charge in [0.2, 0.25) is 0 Å². The first kappa shape index (κ1) is 11.9. The minimum atomic E-state index is -0.719. The van der Waals surface area contributed by atoms with Gasteiger partial charge in [0.25, 0.3) is 0 Å². The summed E-state index contributed by atoms with van der Waals surface area (Å²) in [5.74, 6) is -0.719. The van der Waals surface area contributed by atoms with Crippen LogP contribution in [0.15, 0.2) is 0 Å². The molecule has 1 spiro atoms. The summed E-state index contributed by atoms with van der Waals surface area (Å²) in [6.45, 7) is 3.58. The van der Waals surface area contributed by atoms with Gasteiger partial charge in [-0.15, -0.1) is 0 Å². The molecular formula is C13H22O3. The molecule has 0 radical (unpaired) electrons. The molecule has 1 aliphatic carbocycles. The maximum Gasteiger partial charge on any atom is 0.309 e. The number of rotatable bonds is 3. The average molecular weight is 226 g/mol. The number of carbonyl (C=O) groups is 1. The molecule has 2 fully saturated rings. The Bertz CT molecular complexity index is 277. The molecule has 3 nitrogen and oxygen atoms in total. The van der Waals surface area contributed by atoms with Crippen molar-refractivity contribution in [2.45, 2.75) is 70.5 Å². The maximum atomic E-state index is 11.1. The van der Waals surface area contributed by atoms with Crippen molar-refractivity contribution < 1.29 is 14.6 Å². The predicted octanol–water partition coefficient (Wildman–Crippen LogP) is 2.98. The highest BCUT2D eigenvalue weighted by Crippen LogP contribution is 2.45. The molecule has 1 saturated heterocycles. The van der Waals surface area contributed by atoms with Crippen LogP contribution in [-0.4, -0.2) is 22.8 Å². The topological polar surface area (TPSA) is 46.5 Å². The Morgan fingerprint density at radius 2 is 2.00 bits per heavy atom. The second-order valence-corrected chi connectivity index (χ2v) is 6.06. The summed E-state index contributed by atoms with van der Waals surface area (Å²) in [4.78, 5) is 11.1. The lowest BCUT2D eigenvalue weighted by Crippen LogP contribution is -2.31. The van der Waals surface area contributed by atoms with E-state index in [1.54, 1.807) is 13.8 Å². The van der Waals surface area contributed by atoms with Gasteiger partial charge >= 0.3 is 5.97 Å². The third-order valence-electron chi connectivity index (χ3n) is 4.17. The first-order valence-electron chi connectivity index (χ1n) is 6.35. The summed E-state index contributed by atoms with van der Waals surface area (Å²) >= 11 is 0. The van der Waals surface area contributed by atoms with E-state index in [4.69, 9.17) is 9.84 Å². The van der Waals surface area contributed by atoms with E-state index in [1.165, 1.54) is 25.7 Å². The highest BCUT2D eigenvalue weighted by molar-refractivity contribution is 5.73. The normalized spacial score (nSPS) is 28.8. The van der Waals surface area contributed by atoms with E-state index in [1.807, 2.05) is 0 Å². The molecule has 92 valence electrons. The second kappa shape index (κ2) is 4.02. The SMILES string of the molecule is CC(C)(CC1CCC2(CCCC2)O1)C(=O)O. The van der Waals surface area contributed by atoms with Crippen molar-refractivity contribution in [1.29, 1.82) is 0 Å². The van der Waals surface area contributed by atoms with Gasteiger partial charge in [0.05, 0.1) is 17.1 Å². The molecule has 0 amide bonds. The minimum Gasteiger partial charge on any atom is -0.481 e. The van der Waals surface area contributed by atoms with Crippen molar-refractivity contribution >= 4 is 5.97 Å². The van der Waals surface area contributed by atoms with Crippen LogP contribution in [0.1, 0.15) is 58.8 Å². The van der Waals surface area contributed by atoms with Crippen molar-refractivity contribution in [3.63, 3.8) is 0 Å². The fourth-order valence-electron chi connectivity index (χ4n) is 3.08. The van der Waals surface area contributed by atoms with Gasteiger partial charge in [-0.1, -0.05) is 12.8 Å². The van der Waals surface area contributed by atoms with E-state index in [9.17, 15) is 4.79 Å². The molecule has 1 heterocycles. The van der Waals surface area contributed by atoms with Gasteiger partial charge in [-0.25, -0.2) is 0 Å². The number of aliphatic carboxylic acids is 1. The number of carboxylic acid groups (broad SMARTS) is 1. The zero-order valence-corrected chi connectivity index (χ0v) is 10.3. The third-order valence-corrected chi connectivity index (χ3v) is 4.17. The van der Waals surface area contributed by atoms with Crippen LogP contribution in [0.2, 0.25) is 0 Å². The summed E-state index contributed by atoms with van der Waals surface area (Å²) in [5.41, 5.74) is -0.534. The molecule has 3 heteroatoms. The Morgan fingerprint density at radius 1 is 1.38 bits per heavy atom. The van der Waals surface area contributed by atoms with E-state index in [0.29, 0.717) is 6.42 Å². The molecule has 0 aromatic heterocycles. The molecule has 1 N–H and O–H groups in total. The van der Waals surface area contributed by atoms with E-state index in [0.717, 1.165) is 12.8 Å². The molecular weight excluding hydrogens is 204 g/mol. The number of carboxylic acids is 1. The van der Waals surface area contributed by atoms with Crippen molar-refractivity contribution in [2.75, 3.05) is 0 Å². The predicted molar refractivity (Wildman–Crippen MR) is 61.3 cm³/mol. The van der Waals surface area contributed by atoms with Crippen LogP contribution in [0.3, 0.4) is 0 Å². The Hall–Kier alpha value is -0.570. The van der Waals surface area contributed by atoms with Crippen LogP contribution in [0.25, 0.3) is 0 Å². The summed E-state index contributed by atoms with van der Waals surface area (Å²) in [6.07, 6.45) is 7.87. The second-order valence-electron chi connectivity index (χ2n) is 6.06. The van der Waals surface area contributed by atoms with E-state index >= 15 is 0 Å². The number of hydrogen-bond acceptors (Lipinski definition) is 2. The van der Waals surface area contributed by atoms with Crippen molar-refractivity contribution in [2.24, 2.45) is 5.41 Å². The maximum absolute atomic E-state index is 11.1. The summed E-state index contributed by atoms with van der Waals surface area (Å²) in [6, 6.07) is 0. The standard InChI is InChI=1S/C13H22O3/c1-12(2,11(14)15)9-10-5-8-13(16-10)6-3-4-7-13/h10H,3-9H2,1-2H3,(H,14,15). The smallest absolute Gasteiger partial charge is 0.309 e. The lowest BCUT2D eigenvalue weighted by atomic mass is 9.86. The zero-order valence-electron chi connectivity index (χ0n) is 10.3. The number of hydrogen-bond donors (Lipinski definition) is 1. The Labute approximate surface area is 97.2 Å². The first-order chi connectivity index (χ1) is 7.44. The van der Waals surface area contributed by atoms with Gasteiger partial charge in [-0.2, -0.15) is 0 Å². The fraction of sp³-hybridized carbons (Fsp3) is 0.923. The Morgan fingerprint density at radius 3 is 2.56 bits per heavy atom. The van der Waals surface area contributed by atoms with Crippen molar-refractivity contribution in [1.82, 2.24) is 0 Å². The molecule has 0 aromatic carbocycles. The van der Waals surface area contributed by atoms with E-state index in [2.05, 4.69) is 0 Å². The minimum absolute atomic E-state index is 0.124. The summed E-state index contributed by atoms with van der Waals surface area (Å²) in [5, 5.41) is 9.10. The van der Waals surface area contributed by atoms with Crippen LogP contribution in [0, 0.1) is 5.41 Å². The van der Waals surface area contributed by atoms with Crippen molar-refractivity contribution in [3.8, 4) is 0 Å². The monoisotopic (exact) mass is 226 g/mol. The van der Waals surface area contributed by atoms with Gasteiger partial charge in [-0.3, -0.25) is 4.79 Å². The largest absolute Gasteiger partial charge is 0.481 e. The lowest BCUT2D eigenvalue weighted by Gasteiger charge is -2.27. The average Bonchev–Trinajstić information content (AvgIpc) is 2.77. The molecule has 1 saturated carbocycles. The van der Waals surface area contributed by atoms with Crippen molar-refractivity contribution in [3.05, 3.63) is 0 Å².